The van der Waals surface area contributed by atoms with Gasteiger partial charge in [0, 0.05) is 6.54 Å². The number of nitrogens with zero attached hydrogens (tertiary/aromatic N) is 1. The summed E-state index contributed by atoms with van der Waals surface area (Å²) in [5.74, 6) is 0.0643. The molecule has 0 spiro atoms. The summed E-state index contributed by atoms with van der Waals surface area (Å²) in [5.41, 5.74) is 5.63. The number of hydrogen-bond acceptors (Lipinski definition) is 3. The molecule has 1 saturated carbocycles. The molecule has 15 heavy (non-hydrogen) atoms. The van der Waals surface area contributed by atoms with Crippen LogP contribution in [0.3, 0.4) is 0 Å². The highest BCUT2D eigenvalue weighted by Crippen LogP contribution is 2.47. The molecule has 3 atom stereocenters. The topological polar surface area (TPSA) is 63.4 Å². The van der Waals surface area contributed by atoms with Gasteiger partial charge in [0.15, 0.2) is 0 Å². The number of carbonyl (C=O) groups excluding carboxylic acids is 2. The lowest BCUT2D eigenvalue weighted by Gasteiger charge is -2.26. The van der Waals surface area contributed by atoms with Crippen LogP contribution >= 0.6 is 0 Å². The van der Waals surface area contributed by atoms with Crippen LogP contribution in [0.25, 0.3) is 0 Å². The maximum atomic E-state index is 11.8. The molecule has 4 heteroatoms. The average Bonchev–Trinajstić information content (AvgIpc) is 2.97. The molecule has 2 fully saturated rings. The van der Waals surface area contributed by atoms with Crippen LogP contribution in [0.4, 0.5) is 0 Å². The fraction of sp³-hybridized carbons (Fsp3) is 0.818. The van der Waals surface area contributed by atoms with Gasteiger partial charge in [-0.1, -0.05) is 19.8 Å². The summed E-state index contributed by atoms with van der Waals surface area (Å²) in [4.78, 5) is 25.0. The summed E-state index contributed by atoms with van der Waals surface area (Å²) < 4.78 is 0. The van der Waals surface area contributed by atoms with E-state index in [1.54, 1.807) is 0 Å². The monoisotopic (exact) mass is 210 g/mol. The number of likely N-dealkylation sites (tertiary alicyclic amines) is 1. The molecular formula is C11H18N2O2. The van der Waals surface area contributed by atoms with Gasteiger partial charge in [-0.05, 0) is 12.8 Å². The first-order valence-corrected chi connectivity index (χ1v) is 5.77. The Labute approximate surface area is 89.8 Å². The third kappa shape index (κ3) is 1.67. The van der Waals surface area contributed by atoms with Crippen LogP contribution in [0.15, 0.2) is 0 Å². The van der Waals surface area contributed by atoms with Crippen LogP contribution in [0, 0.1) is 11.8 Å². The molecule has 1 aliphatic carbocycles. The summed E-state index contributed by atoms with van der Waals surface area (Å²) in [6, 6.07) is -0.0576. The predicted molar refractivity (Wildman–Crippen MR) is 55.8 cm³/mol. The van der Waals surface area contributed by atoms with Crippen molar-refractivity contribution in [2.75, 3.05) is 6.54 Å². The second kappa shape index (κ2) is 3.93. The molecule has 2 aliphatic rings. The number of imide groups is 1. The van der Waals surface area contributed by atoms with Crippen molar-refractivity contribution in [1.29, 1.82) is 0 Å². The highest BCUT2D eigenvalue weighted by molar-refractivity contribution is 6.09. The van der Waals surface area contributed by atoms with Crippen molar-refractivity contribution in [2.45, 2.75) is 38.6 Å². The van der Waals surface area contributed by atoms with Crippen molar-refractivity contribution >= 4 is 11.8 Å². The van der Waals surface area contributed by atoms with Crippen molar-refractivity contribution in [3.05, 3.63) is 0 Å². The standard InChI is InChI=1S/C11H18N2O2/c1-2-3-4-7(6-12)13-10(14)8-5-9(8)11(13)15/h7-9H,2-6,12H2,1H3. The molecule has 0 bridgehead atoms. The van der Waals surface area contributed by atoms with E-state index in [0.29, 0.717) is 6.54 Å². The Kier molecular flexibility index (Phi) is 2.78. The molecular weight excluding hydrogens is 192 g/mol. The molecule has 1 saturated heterocycles. The molecule has 2 amide bonds. The van der Waals surface area contributed by atoms with Crippen LogP contribution < -0.4 is 5.73 Å². The maximum absolute atomic E-state index is 11.8. The number of unbranched alkanes of at least 4 members (excludes halogenated alkanes) is 1. The van der Waals surface area contributed by atoms with E-state index in [0.717, 1.165) is 25.7 Å². The first-order valence-electron chi connectivity index (χ1n) is 5.77. The zero-order valence-corrected chi connectivity index (χ0v) is 9.11. The van der Waals surface area contributed by atoms with Gasteiger partial charge in [0.1, 0.15) is 0 Å². The van der Waals surface area contributed by atoms with E-state index < -0.39 is 0 Å². The van der Waals surface area contributed by atoms with E-state index in [9.17, 15) is 9.59 Å². The molecule has 0 aromatic rings. The minimum Gasteiger partial charge on any atom is -0.328 e. The Morgan fingerprint density at radius 2 is 2.00 bits per heavy atom. The van der Waals surface area contributed by atoms with Gasteiger partial charge in [0.2, 0.25) is 11.8 Å². The first kappa shape index (κ1) is 10.6. The number of hydrogen-bond donors (Lipinski definition) is 1. The molecule has 2 rings (SSSR count). The van der Waals surface area contributed by atoms with Crippen molar-refractivity contribution in [2.24, 2.45) is 17.6 Å². The van der Waals surface area contributed by atoms with Gasteiger partial charge < -0.3 is 5.73 Å². The van der Waals surface area contributed by atoms with Crippen molar-refractivity contribution in [3.8, 4) is 0 Å². The highest BCUT2D eigenvalue weighted by atomic mass is 16.2. The molecule has 0 aromatic carbocycles. The van der Waals surface area contributed by atoms with Crippen LogP contribution in [0.1, 0.15) is 32.6 Å². The lowest BCUT2D eigenvalue weighted by atomic mass is 10.1. The number of rotatable bonds is 5. The second-order valence-electron chi connectivity index (χ2n) is 4.53. The van der Waals surface area contributed by atoms with E-state index >= 15 is 0 Å². The second-order valence-corrected chi connectivity index (χ2v) is 4.53. The molecule has 0 radical (unpaired) electrons. The smallest absolute Gasteiger partial charge is 0.233 e. The van der Waals surface area contributed by atoms with Crippen molar-refractivity contribution in [1.82, 2.24) is 4.90 Å². The zero-order valence-electron chi connectivity index (χ0n) is 9.11. The van der Waals surface area contributed by atoms with Gasteiger partial charge >= 0.3 is 0 Å². The first-order chi connectivity index (χ1) is 7.20. The predicted octanol–water partition coefficient (Wildman–Crippen LogP) is 0.509. The van der Waals surface area contributed by atoms with E-state index in [2.05, 4.69) is 6.92 Å². The van der Waals surface area contributed by atoms with E-state index in [4.69, 9.17) is 5.73 Å². The van der Waals surface area contributed by atoms with E-state index in [-0.39, 0.29) is 29.7 Å². The quantitative estimate of drug-likeness (QED) is 0.672. The number of piperidine rings is 1. The summed E-state index contributed by atoms with van der Waals surface area (Å²) in [6.45, 7) is 2.50. The minimum absolute atomic E-state index is 0.00757. The van der Waals surface area contributed by atoms with Crippen LogP contribution in [0.2, 0.25) is 0 Å². The fourth-order valence-corrected chi connectivity index (χ4v) is 2.36. The van der Waals surface area contributed by atoms with Gasteiger partial charge in [-0.2, -0.15) is 0 Å². The van der Waals surface area contributed by atoms with Gasteiger partial charge in [0.25, 0.3) is 0 Å². The fourth-order valence-electron chi connectivity index (χ4n) is 2.36. The van der Waals surface area contributed by atoms with Crippen LogP contribution in [0.5, 0.6) is 0 Å². The van der Waals surface area contributed by atoms with Gasteiger partial charge in [-0.25, -0.2) is 0 Å². The summed E-state index contributed by atoms with van der Waals surface area (Å²) in [6.07, 6.45) is 3.72. The maximum Gasteiger partial charge on any atom is 0.233 e. The number of nitrogens with two attached hydrogens (primary N) is 1. The normalized spacial score (nSPS) is 30.7. The minimum atomic E-state index is -0.0576. The Morgan fingerprint density at radius 3 is 2.47 bits per heavy atom. The molecule has 2 N–H and O–H groups in total. The molecule has 84 valence electrons. The SMILES string of the molecule is CCCCC(CN)N1C(=O)C2CC2C1=O. The molecule has 1 heterocycles. The van der Waals surface area contributed by atoms with Crippen molar-refractivity contribution in [3.63, 3.8) is 0 Å². The van der Waals surface area contributed by atoms with Crippen LogP contribution in [-0.2, 0) is 9.59 Å². The summed E-state index contributed by atoms with van der Waals surface area (Å²) in [7, 11) is 0. The number of carbonyl (C=O) groups is 2. The number of fused-ring (bicyclic) bond motifs is 1. The average molecular weight is 210 g/mol. The Hall–Kier alpha value is -0.900. The van der Waals surface area contributed by atoms with Gasteiger partial charge in [0.05, 0.1) is 17.9 Å². The molecule has 4 nitrogen and oxygen atoms in total. The summed E-state index contributed by atoms with van der Waals surface area (Å²) in [5, 5.41) is 0. The molecule has 0 aromatic heterocycles. The van der Waals surface area contributed by atoms with E-state index in [1.165, 1.54) is 4.90 Å². The Morgan fingerprint density at radius 1 is 1.40 bits per heavy atom. The van der Waals surface area contributed by atoms with Gasteiger partial charge in [-0.3, -0.25) is 14.5 Å². The zero-order chi connectivity index (χ0) is 11.0. The summed E-state index contributed by atoms with van der Waals surface area (Å²) >= 11 is 0. The van der Waals surface area contributed by atoms with Crippen LogP contribution in [-0.4, -0.2) is 29.3 Å². The van der Waals surface area contributed by atoms with E-state index in [1.807, 2.05) is 0 Å². The highest BCUT2D eigenvalue weighted by Gasteiger charge is 2.59. The lowest BCUT2D eigenvalue weighted by Crippen LogP contribution is -2.45. The third-order valence-corrected chi connectivity index (χ3v) is 3.43. The molecule has 1 aliphatic heterocycles. The largest absolute Gasteiger partial charge is 0.328 e. The number of amides is 2. The third-order valence-electron chi connectivity index (χ3n) is 3.43. The van der Waals surface area contributed by atoms with Crippen molar-refractivity contribution < 1.29 is 9.59 Å². The lowest BCUT2D eigenvalue weighted by molar-refractivity contribution is -0.144. The Balaban J connectivity index is 2.01. The Bertz CT molecular complexity index is 270. The molecule has 3 unspecified atom stereocenters. The van der Waals surface area contributed by atoms with Gasteiger partial charge in [-0.15, -0.1) is 0 Å².